The van der Waals surface area contributed by atoms with Gasteiger partial charge in [-0.1, -0.05) is 45.1 Å². The van der Waals surface area contributed by atoms with E-state index in [-0.39, 0.29) is 29.4 Å². The first-order chi connectivity index (χ1) is 13.3. The van der Waals surface area contributed by atoms with E-state index >= 15 is 0 Å². The lowest BCUT2D eigenvalue weighted by molar-refractivity contribution is -0.137. The normalized spacial score (nSPS) is 29.2. The Morgan fingerprint density at radius 2 is 2.11 bits per heavy atom. The molecule has 28 heavy (non-hydrogen) atoms. The van der Waals surface area contributed by atoms with Crippen molar-refractivity contribution in [2.45, 2.75) is 64.5 Å². The largest absolute Gasteiger partial charge is 0.431 e. The zero-order chi connectivity index (χ0) is 19.9. The molecule has 0 aromatic heterocycles. The van der Waals surface area contributed by atoms with Gasteiger partial charge in [-0.05, 0) is 36.0 Å². The molecule has 2 heterocycles. The van der Waals surface area contributed by atoms with Gasteiger partial charge in [0, 0.05) is 49.1 Å². The Hall–Kier alpha value is -2.07. The minimum Gasteiger partial charge on any atom is -0.431 e. The maximum Gasteiger partial charge on any atom is 0.307 e. The van der Waals surface area contributed by atoms with Crippen LogP contribution in [-0.2, 0) is 19.7 Å². The van der Waals surface area contributed by atoms with Crippen LogP contribution >= 0.6 is 0 Å². The molecule has 1 saturated heterocycles. The lowest BCUT2D eigenvalue weighted by Crippen LogP contribution is -2.45. The van der Waals surface area contributed by atoms with Crippen LogP contribution in [0.5, 0.6) is 0 Å². The van der Waals surface area contributed by atoms with Crippen molar-refractivity contribution in [2.24, 2.45) is 11.8 Å². The highest BCUT2D eigenvalue weighted by Gasteiger charge is 2.42. The molecular weight excluding hydrogens is 350 g/mol. The number of benzene rings is 1. The van der Waals surface area contributed by atoms with Crippen molar-refractivity contribution in [2.75, 3.05) is 11.9 Å². The van der Waals surface area contributed by atoms with E-state index in [9.17, 15) is 4.79 Å². The fourth-order valence-corrected chi connectivity index (χ4v) is 4.78. The third kappa shape index (κ3) is 3.75. The molecule has 0 bridgehead atoms. The van der Waals surface area contributed by atoms with E-state index in [1.165, 1.54) is 23.7 Å². The van der Waals surface area contributed by atoms with Gasteiger partial charge in [0.15, 0.2) is 0 Å². The number of carbonyl (C=O) groups excluding carboxylic acids is 1. The number of hydrogen-bond acceptors (Lipinski definition) is 4. The van der Waals surface area contributed by atoms with Crippen LogP contribution in [0, 0.1) is 11.8 Å². The molecule has 0 amide bonds. The molecule has 1 N–H and O–H groups in total. The van der Waals surface area contributed by atoms with Crippen LogP contribution in [0.2, 0.25) is 0 Å². The van der Waals surface area contributed by atoms with Gasteiger partial charge in [-0.2, -0.15) is 0 Å². The Labute approximate surface area is 168 Å². The van der Waals surface area contributed by atoms with E-state index < -0.39 is 0 Å². The van der Waals surface area contributed by atoms with Gasteiger partial charge >= 0.3 is 5.97 Å². The summed E-state index contributed by atoms with van der Waals surface area (Å²) in [6, 6.07) is 7.05. The molecule has 1 aromatic carbocycles. The second-order valence-corrected chi connectivity index (χ2v) is 9.30. The summed E-state index contributed by atoms with van der Waals surface area (Å²) >= 11 is 0. The lowest BCUT2D eigenvalue weighted by Gasteiger charge is -2.46. The second-order valence-electron chi connectivity index (χ2n) is 9.30. The molecule has 1 aliphatic carbocycles. The fourth-order valence-electron chi connectivity index (χ4n) is 4.78. The summed E-state index contributed by atoms with van der Waals surface area (Å²) in [6.45, 7) is 9.04. The summed E-state index contributed by atoms with van der Waals surface area (Å²) in [4.78, 5) is 11.4. The SMILES string of the molecule is CC(=O)OC1=CC=CC([C@@H]2Nc3ccc(C(C)(C)C)cc3[C@H]3OCCC[C@H]32)C1. The Kier molecular flexibility index (Phi) is 5.09. The third-order valence-corrected chi connectivity index (χ3v) is 6.19. The van der Waals surface area contributed by atoms with Gasteiger partial charge in [0.05, 0.1) is 6.10 Å². The number of rotatable bonds is 2. The molecule has 150 valence electrons. The van der Waals surface area contributed by atoms with Gasteiger partial charge in [-0.3, -0.25) is 4.79 Å². The first-order valence-corrected chi connectivity index (χ1v) is 10.4. The van der Waals surface area contributed by atoms with E-state index in [0.717, 1.165) is 31.6 Å². The Bertz CT molecular complexity index is 818. The summed E-state index contributed by atoms with van der Waals surface area (Å²) in [5.74, 6) is 1.20. The number of carbonyl (C=O) groups is 1. The van der Waals surface area contributed by atoms with Gasteiger partial charge in [-0.25, -0.2) is 0 Å². The molecule has 4 rings (SSSR count). The lowest BCUT2D eigenvalue weighted by atomic mass is 9.72. The zero-order valence-corrected chi connectivity index (χ0v) is 17.3. The predicted octanol–water partition coefficient (Wildman–Crippen LogP) is 5.27. The zero-order valence-electron chi connectivity index (χ0n) is 17.3. The van der Waals surface area contributed by atoms with Crippen LogP contribution in [0.25, 0.3) is 0 Å². The first kappa shape index (κ1) is 19.3. The standard InChI is InChI=1S/C24H31NO3/c1-15(26)28-18-8-5-7-16(13-18)22-19-9-6-12-27-23(19)20-14-17(24(2,3)4)10-11-21(20)25-22/h5,7-8,10-11,14,16,19,22-23,25H,6,9,12-13H2,1-4H3/t16?,19-,22-,23-/m0/s1. The monoisotopic (exact) mass is 381 g/mol. The highest BCUT2D eigenvalue weighted by atomic mass is 16.5. The molecule has 2 aliphatic heterocycles. The van der Waals surface area contributed by atoms with Crippen LogP contribution in [0.4, 0.5) is 5.69 Å². The van der Waals surface area contributed by atoms with Gasteiger partial charge in [0.25, 0.3) is 0 Å². The summed E-state index contributed by atoms with van der Waals surface area (Å²) in [7, 11) is 0. The minimum absolute atomic E-state index is 0.117. The van der Waals surface area contributed by atoms with E-state index in [0.29, 0.717) is 5.92 Å². The molecule has 0 spiro atoms. The number of ether oxygens (including phenoxy) is 2. The number of allylic oxidation sites excluding steroid dienone is 3. The number of anilines is 1. The quantitative estimate of drug-likeness (QED) is 0.709. The van der Waals surface area contributed by atoms with Crippen molar-refractivity contribution in [3.8, 4) is 0 Å². The summed E-state index contributed by atoms with van der Waals surface area (Å²) in [5, 5.41) is 3.82. The van der Waals surface area contributed by atoms with Crippen molar-refractivity contribution < 1.29 is 14.3 Å². The third-order valence-electron chi connectivity index (χ3n) is 6.19. The molecule has 4 heteroatoms. The number of nitrogens with one attached hydrogen (secondary N) is 1. The van der Waals surface area contributed by atoms with E-state index in [4.69, 9.17) is 9.47 Å². The van der Waals surface area contributed by atoms with Crippen molar-refractivity contribution >= 4 is 11.7 Å². The molecule has 4 atom stereocenters. The van der Waals surface area contributed by atoms with Gasteiger partial charge in [0.2, 0.25) is 0 Å². The molecular formula is C24H31NO3. The van der Waals surface area contributed by atoms with Gasteiger partial charge in [-0.15, -0.1) is 0 Å². The maximum atomic E-state index is 11.4. The van der Waals surface area contributed by atoms with E-state index in [1.54, 1.807) is 0 Å². The Balaban J connectivity index is 1.64. The van der Waals surface area contributed by atoms with Crippen LogP contribution in [-0.4, -0.2) is 18.6 Å². The number of fused-ring (bicyclic) bond motifs is 3. The highest BCUT2D eigenvalue weighted by Crippen LogP contribution is 2.47. The van der Waals surface area contributed by atoms with Gasteiger partial charge < -0.3 is 14.8 Å². The maximum absolute atomic E-state index is 11.4. The molecule has 1 unspecified atom stereocenters. The minimum atomic E-state index is -0.254. The Morgan fingerprint density at radius 3 is 2.86 bits per heavy atom. The van der Waals surface area contributed by atoms with Crippen molar-refractivity contribution in [1.82, 2.24) is 0 Å². The summed E-state index contributed by atoms with van der Waals surface area (Å²) < 4.78 is 11.7. The summed E-state index contributed by atoms with van der Waals surface area (Å²) in [5.41, 5.74) is 3.94. The van der Waals surface area contributed by atoms with Crippen LogP contribution in [0.15, 0.2) is 42.2 Å². The number of hydrogen-bond donors (Lipinski definition) is 1. The molecule has 1 fully saturated rings. The molecule has 3 aliphatic rings. The van der Waals surface area contributed by atoms with Crippen LogP contribution in [0.3, 0.4) is 0 Å². The van der Waals surface area contributed by atoms with Gasteiger partial charge in [0.1, 0.15) is 5.76 Å². The van der Waals surface area contributed by atoms with E-state index in [2.05, 4.69) is 50.4 Å². The van der Waals surface area contributed by atoms with Crippen LogP contribution in [0.1, 0.15) is 64.2 Å². The summed E-state index contributed by atoms with van der Waals surface area (Å²) in [6.07, 6.45) is 9.28. The molecule has 0 saturated carbocycles. The Morgan fingerprint density at radius 1 is 1.29 bits per heavy atom. The molecule has 4 nitrogen and oxygen atoms in total. The number of esters is 1. The van der Waals surface area contributed by atoms with Crippen molar-refractivity contribution in [3.05, 3.63) is 53.3 Å². The van der Waals surface area contributed by atoms with Crippen molar-refractivity contribution in [3.63, 3.8) is 0 Å². The second kappa shape index (κ2) is 7.40. The average Bonchev–Trinajstić information content (AvgIpc) is 2.66. The first-order valence-electron chi connectivity index (χ1n) is 10.4. The molecule has 0 radical (unpaired) electrons. The van der Waals surface area contributed by atoms with E-state index in [1.807, 2.05) is 12.2 Å². The smallest absolute Gasteiger partial charge is 0.307 e. The average molecular weight is 382 g/mol. The fraction of sp³-hybridized carbons (Fsp3) is 0.542. The van der Waals surface area contributed by atoms with Crippen molar-refractivity contribution in [1.29, 1.82) is 0 Å². The highest BCUT2D eigenvalue weighted by molar-refractivity contribution is 5.67. The van der Waals surface area contributed by atoms with Crippen LogP contribution < -0.4 is 5.32 Å². The topological polar surface area (TPSA) is 47.6 Å². The molecule has 1 aromatic rings. The predicted molar refractivity (Wildman–Crippen MR) is 111 cm³/mol.